The van der Waals surface area contributed by atoms with Gasteiger partial charge in [-0.25, -0.2) is 0 Å². The summed E-state index contributed by atoms with van der Waals surface area (Å²) in [5.74, 6) is 0.928. The number of hydrogen-bond acceptors (Lipinski definition) is 6. The number of ether oxygens (including phenoxy) is 3. The number of benzene rings is 2. The highest BCUT2D eigenvalue weighted by molar-refractivity contribution is 5.81. The van der Waals surface area contributed by atoms with E-state index in [-0.39, 0.29) is 25.5 Å². The maximum absolute atomic E-state index is 12.3. The Balaban J connectivity index is 1.34. The molecule has 0 bridgehead atoms. The lowest BCUT2D eigenvalue weighted by Gasteiger charge is -2.36. The van der Waals surface area contributed by atoms with E-state index in [4.69, 9.17) is 14.2 Å². The minimum atomic E-state index is -0.437. The SMILES string of the molecule is COc1ccc(N2CCN(C(=O)COC(=O)CCOc3cccc(C)c3)CC2)cc1. The number of piperazine rings is 1. The third-order valence-corrected chi connectivity index (χ3v) is 4.99. The largest absolute Gasteiger partial charge is 0.497 e. The van der Waals surface area contributed by atoms with Crippen molar-refractivity contribution in [2.24, 2.45) is 0 Å². The number of anilines is 1. The summed E-state index contributed by atoms with van der Waals surface area (Å²) in [7, 11) is 1.64. The van der Waals surface area contributed by atoms with Crippen molar-refractivity contribution >= 4 is 17.6 Å². The fraction of sp³-hybridized carbons (Fsp3) is 0.391. The summed E-state index contributed by atoms with van der Waals surface area (Å²) in [4.78, 5) is 28.2. The zero-order chi connectivity index (χ0) is 21.3. The maximum atomic E-state index is 12.3. The molecule has 0 aliphatic carbocycles. The summed E-state index contributed by atoms with van der Waals surface area (Å²) in [6.07, 6.45) is 0.104. The second-order valence-corrected chi connectivity index (χ2v) is 7.14. The molecular formula is C23H28N2O5. The molecule has 1 amide bonds. The highest BCUT2D eigenvalue weighted by Gasteiger charge is 2.22. The Morgan fingerprint density at radius 2 is 1.70 bits per heavy atom. The van der Waals surface area contributed by atoms with Crippen LogP contribution in [0.5, 0.6) is 11.5 Å². The number of carbonyl (C=O) groups is 2. The van der Waals surface area contributed by atoms with Crippen molar-refractivity contribution in [3.8, 4) is 11.5 Å². The molecule has 2 aromatic carbocycles. The maximum Gasteiger partial charge on any atom is 0.309 e. The minimum Gasteiger partial charge on any atom is -0.497 e. The van der Waals surface area contributed by atoms with Gasteiger partial charge < -0.3 is 24.0 Å². The van der Waals surface area contributed by atoms with Gasteiger partial charge in [-0.1, -0.05) is 12.1 Å². The predicted octanol–water partition coefficient (Wildman–Crippen LogP) is 2.66. The number of esters is 1. The van der Waals surface area contributed by atoms with Gasteiger partial charge in [0.25, 0.3) is 5.91 Å². The van der Waals surface area contributed by atoms with Crippen LogP contribution in [0, 0.1) is 6.92 Å². The Morgan fingerprint density at radius 1 is 0.967 bits per heavy atom. The van der Waals surface area contributed by atoms with Crippen LogP contribution in [-0.4, -0.2) is 63.3 Å². The number of aryl methyl sites for hydroxylation is 1. The van der Waals surface area contributed by atoms with Crippen LogP contribution in [-0.2, 0) is 14.3 Å². The molecule has 7 heteroatoms. The Hall–Kier alpha value is -3.22. The number of amides is 1. The molecule has 0 radical (unpaired) electrons. The van der Waals surface area contributed by atoms with Crippen LogP contribution in [0.1, 0.15) is 12.0 Å². The third-order valence-electron chi connectivity index (χ3n) is 4.99. The van der Waals surface area contributed by atoms with Crippen LogP contribution in [0.4, 0.5) is 5.69 Å². The van der Waals surface area contributed by atoms with Gasteiger partial charge in [0.1, 0.15) is 11.5 Å². The van der Waals surface area contributed by atoms with Gasteiger partial charge in [-0.15, -0.1) is 0 Å². The van der Waals surface area contributed by atoms with Crippen LogP contribution in [0.3, 0.4) is 0 Å². The molecular weight excluding hydrogens is 384 g/mol. The van der Waals surface area contributed by atoms with Crippen molar-refractivity contribution in [1.82, 2.24) is 4.90 Å². The number of rotatable bonds is 8. The number of hydrogen-bond donors (Lipinski definition) is 0. The average molecular weight is 412 g/mol. The van der Waals surface area contributed by atoms with E-state index in [1.54, 1.807) is 12.0 Å². The molecule has 0 aromatic heterocycles. The van der Waals surface area contributed by atoms with Crippen molar-refractivity contribution in [3.05, 3.63) is 54.1 Å². The van der Waals surface area contributed by atoms with E-state index in [1.165, 1.54) is 0 Å². The van der Waals surface area contributed by atoms with Crippen molar-refractivity contribution in [1.29, 1.82) is 0 Å². The Morgan fingerprint density at radius 3 is 2.37 bits per heavy atom. The summed E-state index contributed by atoms with van der Waals surface area (Å²) in [5, 5.41) is 0. The fourth-order valence-corrected chi connectivity index (χ4v) is 3.27. The molecule has 1 aliphatic heterocycles. The fourth-order valence-electron chi connectivity index (χ4n) is 3.27. The molecule has 0 unspecified atom stereocenters. The first-order chi connectivity index (χ1) is 14.5. The lowest BCUT2D eigenvalue weighted by molar-refractivity contribution is -0.152. The van der Waals surface area contributed by atoms with E-state index in [0.717, 1.165) is 30.1 Å². The average Bonchev–Trinajstić information content (AvgIpc) is 2.78. The Kier molecular flexibility index (Phi) is 7.54. The molecule has 0 atom stereocenters. The molecule has 1 saturated heterocycles. The molecule has 7 nitrogen and oxygen atoms in total. The normalized spacial score (nSPS) is 13.7. The lowest BCUT2D eigenvalue weighted by atomic mass is 10.2. The summed E-state index contributed by atoms with van der Waals surface area (Å²) >= 11 is 0. The molecule has 2 aromatic rings. The van der Waals surface area contributed by atoms with Gasteiger partial charge in [-0.3, -0.25) is 9.59 Å². The molecule has 1 aliphatic rings. The van der Waals surface area contributed by atoms with Gasteiger partial charge in [0, 0.05) is 31.9 Å². The number of methoxy groups -OCH3 is 1. The predicted molar refractivity (Wildman–Crippen MR) is 114 cm³/mol. The highest BCUT2D eigenvalue weighted by atomic mass is 16.5. The van der Waals surface area contributed by atoms with E-state index >= 15 is 0 Å². The van der Waals surface area contributed by atoms with Crippen molar-refractivity contribution in [3.63, 3.8) is 0 Å². The molecule has 160 valence electrons. The molecule has 0 N–H and O–H groups in total. The number of carbonyl (C=O) groups excluding carboxylic acids is 2. The molecule has 3 rings (SSSR count). The van der Waals surface area contributed by atoms with Gasteiger partial charge in [0.05, 0.1) is 20.1 Å². The second-order valence-electron chi connectivity index (χ2n) is 7.14. The van der Waals surface area contributed by atoms with Crippen LogP contribution in [0.25, 0.3) is 0 Å². The zero-order valence-corrected chi connectivity index (χ0v) is 17.5. The first-order valence-electron chi connectivity index (χ1n) is 10.1. The van der Waals surface area contributed by atoms with E-state index in [0.29, 0.717) is 18.8 Å². The van der Waals surface area contributed by atoms with Crippen LogP contribution in [0.2, 0.25) is 0 Å². The molecule has 0 spiro atoms. The monoisotopic (exact) mass is 412 g/mol. The first kappa shape index (κ1) is 21.5. The Bertz CT molecular complexity index is 845. The number of nitrogens with zero attached hydrogens (tertiary/aromatic N) is 2. The molecule has 30 heavy (non-hydrogen) atoms. The van der Waals surface area contributed by atoms with Gasteiger partial charge in [-0.2, -0.15) is 0 Å². The van der Waals surface area contributed by atoms with Gasteiger partial charge >= 0.3 is 5.97 Å². The first-order valence-corrected chi connectivity index (χ1v) is 10.1. The summed E-state index contributed by atoms with van der Waals surface area (Å²) < 4.78 is 15.8. The molecule has 0 saturated carbocycles. The third kappa shape index (κ3) is 6.14. The minimum absolute atomic E-state index is 0.104. The highest BCUT2D eigenvalue weighted by Crippen LogP contribution is 2.20. The van der Waals surface area contributed by atoms with E-state index in [1.807, 2.05) is 55.5 Å². The van der Waals surface area contributed by atoms with Crippen LogP contribution >= 0.6 is 0 Å². The Labute approximate surface area is 177 Å². The van der Waals surface area contributed by atoms with Gasteiger partial charge in [0.2, 0.25) is 0 Å². The summed E-state index contributed by atoms with van der Waals surface area (Å²) in [6, 6.07) is 15.5. The van der Waals surface area contributed by atoms with E-state index in [2.05, 4.69) is 4.90 Å². The lowest BCUT2D eigenvalue weighted by Crippen LogP contribution is -2.49. The standard InChI is InChI=1S/C23H28N2O5/c1-18-4-3-5-21(16-18)29-15-10-23(27)30-17-22(26)25-13-11-24(12-14-25)19-6-8-20(28-2)9-7-19/h3-9,16H,10-15,17H2,1-2H3. The van der Waals surface area contributed by atoms with Crippen LogP contribution in [0.15, 0.2) is 48.5 Å². The van der Waals surface area contributed by atoms with Crippen molar-refractivity contribution in [2.75, 3.05) is 51.4 Å². The summed E-state index contributed by atoms with van der Waals surface area (Å²) in [5.41, 5.74) is 2.19. The smallest absolute Gasteiger partial charge is 0.309 e. The van der Waals surface area contributed by atoms with E-state index in [9.17, 15) is 9.59 Å². The zero-order valence-electron chi connectivity index (χ0n) is 17.5. The quantitative estimate of drug-likeness (QED) is 0.621. The summed E-state index contributed by atoms with van der Waals surface area (Å²) in [6.45, 7) is 4.62. The molecule has 1 fully saturated rings. The molecule has 1 heterocycles. The van der Waals surface area contributed by atoms with E-state index < -0.39 is 5.97 Å². The second kappa shape index (κ2) is 10.5. The van der Waals surface area contributed by atoms with Gasteiger partial charge in [0.15, 0.2) is 6.61 Å². The van der Waals surface area contributed by atoms with Crippen molar-refractivity contribution in [2.45, 2.75) is 13.3 Å². The van der Waals surface area contributed by atoms with Crippen LogP contribution < -0.4 is 14.4 Å². The topological polar surface area (TPSA) is 68.3 Å². The van der Waals surface area contributed by atoms with Crippen molar-refractivity contribution < 1.29 is 23.8 Å². The van der Waals surface area contributed by atoms with Gasteiger partial charge in [-0.05, 0) is 48.9 Å².